The molecule has 0 saturated carbocycles. The summed E-state index contributed by atoms with van der Waals surface area (Å²) < 4.78 is 11.3. The molecule has 23 heavy (non-hydrogen) atoms. The predicted molar refractivity (Wildman–Crippen MR) is 84.8 cm³/mol. The summed E-state index contributed by atoms with van der Waals surface area (Å²) in [5.41, 5.74) is 0.929. The molecule has 1 amide bonds. The van der Waals surface area contributed by atoms with Gasteiger partial charge in [-0.25, -0.2) is 0 Å². The molecule has 1 aliphatic heterocycles. The molecule has 0 radical (unpaired) electrons. The maximum Gasteiger partial charge on any atom is 0.250 e. The van der Waals surface area contributed by atoms with E-state index in [9.17, 15) is 4.79 Å². The largest absolute Gasteiger partial charge is 0.423 e. The summed E-state index contributed by atoms with van der Waals surface area (Å²) in [7, 11) is 0. The van der Waals surface area contributed by atoms with Crippen molar-refractivity contribution in [1.82, 2.24) is 15.1 Å². The van der Waals surface area contributed by atoms with E-state index in [0.717, 1.165) is 24.8 Å². The minimum Gasteiger partial charge on any atom is -0.423 e. The number of aromatic nitrogens is 2. The number of carbonyl (C=O) groups is 1. The van der Waals surface area contributed by atoms with Gasteiger partial charge in [0.1, 0.15) is 6.04 Å². The highest BCUT2D eigenvalue weighted by atomic mass is 16.5. The maximum atomic E-state index is 12.9. The van der Waals surface area contributed by atoms with Crippen LogP contribution in [0.2, 0.25) is 0 Å². The molecule has 0 N–H and O–H groups in total. The zero-order valence-corrected chi connectivity index (χ0v) is 14.0. The van der Waals surface area contributed by atoms with Gasteiger partial charge in [0.25, 0.3) is 0 Å². The van der Waals surface area contributed by atoms with Gasteiger partial charge in [0.2, 0.25) is 17.7 Å². The Morgan fingerprint density at radius 2 is 2.17 bits per heavy atom. The van der Waals surface area contributed by atoms with Crippen molar-refractivity contribution in [2.45, 2.75) is 57.9 Å². The molecule has 1 saturated heterocycles. The first kappa shape index (κ1) is 16.2. The first-order valence-corrected chi connectivity index (χ1v) is 8.58. The van der Waals surface area contributed by atoms with Crippen LogP contribution in [0.4, 0.5) is 0 Å². The number of allylic oxidation sites excluding steroid dienone is 1. The van der Waals surface area contributed by atoms with E-state index >= 15 is 0 Å². The molecule has 2 heterocycles. The molecule has 1 aromatic rings. The molecule has 0 aromatic carbocycles. The SMILES string of the molecule is CC(C)c1nnc(C2COCCN2C(=O)C2=CCCCCC2)o1. The molecule has 1 aliphatic carbocycles. The van der Waals surface area contributed by atoms with Crippen LogP contribution in [0.3, 0.4) is 0 Å². The summed E-state index contributed by atoms with van der Waals surface area (Å²) in [4.78, 5) is 14.8. The molecular weight excluding hydrogens is 294 g/mol. The molecular formula is C17H25N3O3. The predicted octanol–water partition coefficient (Wildman–Crippen LogP) is 2.98. The molecule has 126 valence electrons. The minimum atomic E-state index is -0.277. The zero-order valence-electron chi connectivity index (χ0n) is 14.0. The molecule has 0 spiro atoms. The molecule has 3 rings (SSSR count). The van der Waals surface area contributed by atoms with Crippen molar-refractivity contribution < 1.29 is 13.9 Å². The Morgan fingerprint density at radius 3 is 2.96 bits per heavy atom. The lowest BCUT2D eigenvalue weighted by molar-refractivity contribution is -0.137. The quantitative estimate of drug-likeness (QED) is 0.856. The Balaban J connectivity index is 1.80. The lowest BCUT2D eigenvalue weighted by Crippen LogP contribution is -2.44. The van der Waals surface area contributed by atoms with Gasteiger partial charge in [0.05, 0.1) is 13.2 Å². The third kappa shape index (κ3) is 3.63. The summed E-state index contributed by atoms with van der Waals surface area (Å²) >= 11 is 0. The summed E-state index contributed by atoms with van der Waals surface area (Å²) in [5, 5.41) is 8.23. The van der Waals surface area contributed by atoms with E-state index < -0.39 is 0 Å². The van der Waals surface area contributed by atoms with Crippen molar-refractivity contribution in [2.75, 3.05) is 19.8 Å². The van der Waals surface area contributed by atoms with E-state index in [1.54, 1.807) is 0 Å². The summed E-state index contributed by atoms with van der Waals surface area (Å²) in [6.07, 6.45) is 7.42. The number of ether oxygens (including phenoxy) is 1. The number of rotatable bonds is 3. The minimum absolute atomic E-state index is 0.101. The van der Waals surface area contributed by atoms with Gasteiger partial charge in [-0.2, -0.15) is 0 Å². The van der Waals surface area contributed by atoms with Gasteiger partial charge in [0.15, 0.2) is 0 Å². The topological polar surface area (TPSA) is 68.5 Å². The van der Waals surface area contributed by atoms with Crippen molar-refractivity contribution >= 4 is 5.91 Å². The normalized spacial score (nSPS) is 22.8. The van der Waals surface area contributed by atoms with Gasteiger partial charge in [-0.05, 0) is 25.7 Å². The Kier molecular flexibility index (Phi) is 5.10. The molecule has 6 nitrogen and oxygen atoms in total. The van der Waals surface area contributed by atoms with Crippen LogP contribution in [0.25, 0.3) is 0 Å². The molecule has 1 aromatic heterocycles. The summed E-state index contributed by atoms with van der Waals surface area (Å²) in [6, 6.07) is -0.277. The van der Waals surface area contributed by atoms with Gasteiger partial charge < -0.3 is 14.1 Å². The van der Waals surface area contributed by atoms with Crippen LogP contribution >= 0.6 is 0 Å². The van der Waals surface area contributed by atoms with Crippen molar-refractivity contribution in [3.05, 3.63) is 23.4 Å². The summed E-state index contributed by atoms with van der Waals surface area (Å²) in [5.74, 6) is 1.36. The number of amides is 1. The Hall–Kier alpha value is -1.69. The van der Waals surface area contributed by atoms with Gasteiger partial charge >= 0.3 is 0 Å². The van der Waals surface area contributed by atoms with Gasteiger partial charge in [0, 0.05) is 18.0 Å². The maximum absolute atomic E-state index is 12.9. The van der Waals surface area contributed by atoms with E-state index in [1.165, 1.54) is 12.8 Å². The highest BCUT2D eigenvalue weighted by Gasteiger charge is 2.34. The van der Waals surface area contributed by atoms with Crippen LogP contribution < -0.4 is 0 Å². The lowest BCUT2D eigenvalue weighted by atomic mass is 10.1. The fraction of sp³-hybridized carbons (Fsp3) is 0.706. The number of morpholine rings is 1. The Bertz CT molecular complexity index is 579. The van der Waals surface area contributed by atoms with Gasteiger partial charge in [-0.3, -0.25) is 4.79 Å². The smallest absolute Gasteiger partial charge is 0.250 e. The van der Waals surface area contributed by atoms with E-state index in [-0.39, 0.29) is 17.9 Å². The number of nitrogens with zero attached hydrogens (tertiary/aromatic N) is 3. The molecule has 6 heteroatoms. The van der Waals surface area contributed by atoms with E-state index in [1.807, 2.05) is 18.7 Å². The number of hydrogen-bond donors (Lipinski definition) is 0. The molecule has 2 aliphatic rings. The van der Waals surface area contributed by atoms with Crippen molar-refractivity contribution in [2.24, 2.45) is 0 Å². The molecule has 1 fully saturated rings. The monoisotopic (exact) mass is 319 g/mol. The zero-order chi connectivity index (χ0) is 16.2. The molecule has 1 unspecified atom stereocenters. The Labute approximate surface area is 136 Å². The van der Waals surface area contributed by atoms with Crippen molar-refractivity contribution in [3.8, 4) is 0 Å². The second-order valence-corrected chi connectivity index (χ2v) is 6.55. The average Bonchev–Trinajstić information content (AvgIpc) is 2.90. The van der Waals surface area contributed by atoms with Crippen LogP contribution in [0.1, 0.15) is 69.7 Å². The fourth-order valence-electron chi connectivity index (χ4n) is 3.06. The van der Waals surface area contributed by atoms with E-state index in [2.05, 4.69) is 16.3 Å². The average molecular weight is 319 g/mol. The second kappa shape index (κ2) is 7.25. The third-order valence-corrected chi connectivity index (χ3v) is 4.44. The standard InChI is InChI=1S/C17H25N3O3/c1-12(2)15-18-19-16(23-15)14-11-22-10-9-20(14)17(21)13-7-5-3-4-6-8-13/h7,12,14H,3-6,8-11H2,1-2H3. The second-order valence-electron chi connectivity index (χ2n) is 6.55. The lowest BCUT2D eigenvalue weighted by Gasteiger charge is -2.34. The molecule has 1 atom stereocenters. The number of hydrogen-bond acceptors (Lipinski definition) is 5. The fourth-order valence-corrected chi connectivity index (χ4v) is 3.06. The van der Waals surface area contributed by atoms with Gasteiger partial charge in [-0.15, -0.1) is 10.2 Å². The van der Waals surface area contributed by atoms with Crippen molar-refractivity contribution in [3.63, 3.8) is 0 Å². The number of carbonyl (C=O) groups excluding carboxylic acids is 1. The van der Waals surface area contributed by atoms with Crippen LogP contribution in [0.5, 0.6) is 0 Å². The molecule has 0 bridgehead atoms. The highest BCUT2D eigenvalue weighted by Crippen LogP contribution is 2.28. The van der Waals surface area contributed by atoms with E-state index in [0.29, 0.717) is 31.5 Å². The van der Waals surface area contributed by atoms with Crippen LogP contribution in [-0.2, 0) is 9.53 Å². The first-order valence-electron chi connectivity index (χ1n) is 8.58. The van der Waals surface area contributed by atoms with Crippen LogP contribution in [0, 0.1) is 0 Å². The van der Waals surface area contributed by atoms with E-state index in [4.69, 9.17) is 9.15 Å². The summed E-state index contributed by atoms with van der Waals surface area (Å²) in [6.45, 7) is 5.56. The highest BCUT2D eigenvalue weighted by molar-refractivity contribution is 5.93. The van der Waals surface area contributed by atoms with Gasteiger partial charge in [-0.1, -0.05) is 26.3 Å². The Morgan fingerprint density at radius 1 is 1.30 bits per heavy atom. The van der Waals surface area contributed by atoms with Crippen LogP contribution in [-0.4, -0.2) is 40.8 Å². The van der Waals surface area contributed by atoms with Crippen molar-refractivity contribution in [1.29, 1.82) is 0 Å². The van der Waals surface area contributed by atoms with Crippen LogP contribution in [0.15, 0.2) is 16.1 Å². The third-order valence-electron chi connectivity index (χ3n) is 4.44. The first-order chi connectivity index (χ1) is 11.2.